The van der Waals surface area contributed by atoms with E-state index in [4.69, 9.17) is 31.5 Å². The number of fused-ring (bicyclic) bond motifs is 3. The van der Waals surface area contributed by atoms with Crippen LogP contribution in [0.2, 0.25) is 0 Å². The molecule has 7 N–H and O–H groups in total. The average Bonchev–Trinajstić information content (AvgIpc) is 4.00. The number of ether oxygens (including phenoxy) is 4. The number of nitrogens with two attached hydrogens (primary N) is 1. The lowest BCUT2D eigenvalue weighted by Crippen LogP contribution is -2.34. The summed E-state index contributed by atoms with van der Waals surface area (Å²) >= 11 is 3.78. The van der Waals surface area contributed by atoms with Gasteiger partial charge in [0.15, 0.2) is 5.60 Å². The molecular weight excluding hydrogens is 753 g/mol. The fourth-order valence-corrected chi connectivity index (χ4v) is 8.81. The minimum Gasteiger partial charge on any atom is -0.450 e. The summed E-state index contributed by atoms with van der Waals surface area (Å²) in [6, 6.07) is 3.48. The molecule has 5 aliphatic heterocycles. The van der Waals surface area contributed by atoms with Crippen LogP contribution in [0.15, 0.2) is 12.3 Å². The molecule has 0 unspecified atom stereocenters. The van der Waals surface area contributed by atoms with Crippen LogP contribution in [0.25, 0.3) is 11.0 Å². The largest absolute Gasteiger partial charge is 0.508 e. The van der Waals surface area contributed by atoms with E-state index in [0.717, 1.165) is 66.9 Å². The van der Waals surface area contributed by atoms with Crippen LogP contribution < -0.4 is 27.0 Å². The van der Waals surface area contributed by atoms with Crippen LogP contribution in [-0.4, -0.2) is 117 Å². The molecule has 0 aromatic carbocycles. The molecule has 7 rings (SSSR count). The summed E-state index contributed by atoms with van der Waals surface area (Å²) in [4.78, 5) is 51.4. The highest BCUT2D eigenvalue weighted by molar-refractivity contribution is 7.99. The summed E-state index contributed by atoms with van der Waals surface area (Å²) in [5.41, 5.74) is 5.68. The molecule has 0 bridgehead atoms. The number of nitrogens with zero attached hydrogens (tertiary/aromatic N) is 3. The molecule has 0 saturated carbocycles. The molecule has 4 amide bonds. The third-order valence-corrected chi connectivity index (χ3v) is 11.6. The van der Waals surface area contributed by atoms with Gasteiger partial charge in [0.2, 0.25) is 0 Å². The Morgan fingerprint density at radius 3 is 2.00 bits per heavy atom. The highest BCUT2D eigenvalue weighted by atomic mass is 32.2. The number of terminal acetylenes is 1. The number of nitrogens with one attached hydrogen (secondary N) is 4. The zero-order valence-corrected chi connectivity index (χ0v) is 33.3. The monoisotopic (exact) mass is 806 g/mol. The van der Waals surface area contributed by atoms with Gasteiger partial charge in [-0.05, 0) is 38.7 Å². The molecule has 0 spiro atoms. The third kappa shape index (κ3) is 13.2. The number of amides is 4. The van der Waals surface area contributed by atoms with Crippen molar-refractivity contribution in [2.24, 2.45) is 0 Å². The molecule has 6 atom stereocenters. The van der Waals surface area contributed by atoms with Crippen molar-refractivity contribution in [2.45, 2.75) is 108 Å². The zero-order valence-electron chi connectivity index (χ0n) is 31.7. The predicted molar refractivity (Wildman–Crippen MR) is 211 cm³/mol. The Kier molecular flexibility index (Phi) is 17.2. The van der Waals surface area contributed by atoms with Gasteiger partial charge in [0.1, 0.15) is 30.1 Å². The van der Waals surface area contributed by atoms with Crippen molar-refractivity contribution in [1.82, 2.24) is 35.8 Å². The van der Waals surface area contributed by atoms with E-state index >= 15 is 0 Å². The van der Waals surface area contributed by atoms with E-state index in [1.165, 1.54) is 0 Å². The summed E-state index contributed by atoms with van der Waals surface area (Å²) in [5.74, 6) is 7.95. The average molecular weight is 807 g/mol. The van der Waals surface area contributed by atoms with Gasteiger partial charge < -0.3 is 55.6 Å². The van der Waals surface area contributed by atoms with E-state index in [9.17, 15) is 19.2 Å². The Morgan fingerprint density at radius 1 is 0.945 bits per heavy atom. The number of carbonyl (C=O) groups is 4. The van der Waals surface area contributed by atoms with Gasteiger partial charge in [-0.15, -0.1) is 6.42 Å². The number of urea groups is 2. The number of anilines is 1. The van der Waals surface area contributed by atoms with Crippen molar-refractivity contribution in [2.75, 3.05) is 48.6 Å². The molecule has 5 aliphatic rings. The molecule has 7 heterocycles. The summed E-state index contributed by atoms with van der Waals surface area (Å²) in [5, 5.41) is 20.1. The normalized spacial score (nSPS) is 25.5. The van der Waals surface area contributed by atoms with Gasteiger partial charge in [0, 0.05) is 29.2 Å². The van der Waals surface area contributed by atoms with Crippen LogP contribution in [0, 0.1) is 19.3 Å². The highest BCUT2D eigenvalue weighted by Crippen LogP contribution is 2.38. The Hall–Kier alpha value is -4.28. The maximum absolute atomic E-state index is 11.8. The quantitative estimate of drug-likeness (QED) is 0.0777. The number of thioether (sulfide) groups is 2. The lowest BCUT2D eigenvalue weighted by Gasteiger charge is -2.23. The lowest BCUT2D eigenvalue weighted by molar-refractivity contribution is -0.0730. The highest BCUT2D eigenvalue weighted by Gasteiger charge is 2.42. The topological polar surface area (TPSA) is 230 Å². The van der Waals surface area contributed by atoms with E-state index in [2.05, 4.69) is 55.7 Å². The number of carbonyl (C=O) groups excluding carboxylic acids is 3. The fourth-order valence-electron chi connectivity index (χ4n) is 6.26. The number of unbranched alkanes of at least 4 members (excludes halogenated alkanes) is 4. The Balaban J connectivity index is 0.000000199. The molecular formula is C36H54N8O9S2. The smallest absolute Gasteiger partial charge is 0.450 e. The number of hydrogen-bond donors (Lipinski definition) is 6. The van der Waals surface area contributed by atoms with Crippen LogP contribution in [0.5, 0.6) is 0 Å². The second kappa shape index (κ2) is 21.7. The SMILES string of the molecule is C#C[C@@]1(COC(=O)OCCCCC)CC[C@H](n2ccc3c(N)nc(C)nc32)O1.CCCCCOC(=O)O.O=C1N[C@H]2CSC[C@H]2N1.O=C1N[C@H]2CSC[C@H]2N1. The van der Waals surface area contributed by atoms with E-state index in [0.29, 0.717) is 67.5 Å². The molecule has 5 saturated heterocycles. The maximum atomic E-state index is 11.8. The van der Waals surface area contributed by atoms with Gasteiger partial charge in [0.05, 0.1) is 42.8 Å². The second-order valence-corrected chi connectivity index (χ2v) is 15.7. The summed E-state index contributed by atoms with van der Waals surface area (Å²) < 4.78 is 22.5. The van der Waals surface area contributed by atoms with Gasteiger partial charge in [0.25, 0.3) is 0 Å². The van der Waals surface area contributed by atoms with Crippen molar-refractivity contribution >= 4 is 64.7 Å². The van der Waals surface area contributed by atoms with Crippen LogP contribution in [0.4, 0.5) is 25.0 Å². The van der Waals surface area contributed by atoms with Crippen LogP contribution in [0.1, 0.15) is 77.3 Å². The van der Waals surface area contributed by atoms with Crippen molar-refractivity contribution in [3.05, 3.63) is 18.1 Å². The number of carboxylic acid groups (broad SMARTS) is 1. The Morgan fingerprint density at radius 2 is 1.49 bits per heavy atom. The molecule has 17 nitrogen and oxygen atoms in total. The van der Waals surface area contributed by atoms with Crippen molar-refractivity contribution in [1.29, 1.82) is 0 Å². The zero-order chi connectivity index (χ0) is 39.8. The Bertz CT molecular complexity index is 1580. The standard InChI is InChI=1S/C20H26N4O4.C6H12O3.2C5H8N2OS/c1-4-6-7-12-26-19(25)27-13-20(5-2)10-8-16(28-20)24-11-9-15-17(21)22-14(3)23-18(15)24;1-2-3-4-5-9-6(7)8;2*8-5-6-3-1-9-2-4(3)7-5/h2,9,11,16H,4,6-8,10,12-13H2,1,3H3,(H2,21,22,23);2-5H2,1H3,(H,7,8);2*3-4H,1-2H2,(H2,6,7,8)/t16-,20+;;2*3-,4+/m1.../s1. The first-order chi connectivity index (χ1) is 26.5. The molecule has 304 valence electrons. The Labute approximate surface area is 330 Å². The predicted octanol–water partition coefficient (Wildman–Crippen LogP) is 4.78. The third-order valence-electron chi connectivity index (χ3n) is 9.23. The molecule has 0 aliphatic carbocycles. The van der Waals surface area contributed by atoms with Gasteiger partial charge in [-0.3, -0.25) is 0 Å². The van der Waals surface area contributed by atoms with Gasteiger partial charge in [-0.25, -0.2) is 29.1 Å². The molecule has 5 fully saturated rings. The van der Waals surface area contributed by atoms with Gasteiger partial charge >= 0.3 is 24.4 Å². The van der Waals surface area contributed by atoms with E-state index in [1.54, 1.807) is 6.92 Å². The minimum absolute atomic E-state index is 0.00491. The first kappa shape index (κ1) is 43.4. The van der Waals surface area contributed by atoms with E-state index < -0.39 is 17.9 Å². The first-order valence-electron chi connectivity index (χ1n) is 18.7. The van der Waals surface area contributed by atoms with E-state index in [1.807, 2.05) is 40.4 Å². The van der Waals surface area contributed by atoms with Crippen LogP contribution in [-0.2, 0) is 18.9 Å². The van der Waals surface area contributed by atoms with Crippen LogP contribution in [0.3, 0.4) is 0 Å². The molecule has 55 heavy (non-hydrogen) atoms. The number of aryl methyl sites for hydroxylation is 1. The molecule has 2 aromatic rings. The maximum Gasteiger partial charge on any atom is 0.508 e. The summed E-state index contributed by atoms with van der Waals surface area (Å²) in [6.07, 6.45) is 12.4. The van der Waals surface area contributed by atoms with E-state index in [-0.39, 0.29) is 24.9 Å². The van der Waals surface area contributed by atoms with Crippen molar-refractivity contribution in [3.63, 3.8) is 0 Å². The number of nitrogen functional groups attached to an aromatic ring is 1. The molecule has 0 radical (unpaired) electrons. The van der Waals surface area contributed by atoms with Crippen molar-refractivity contribution < 1.29 is 43.2 Å². The van der Waals surface area contributed by atoms with Gasteiger partial charge in [-0.1, -0.05) is 45.5 Å². The number of aromatic nitrogens is 3. The second-order valence-electron chi connectivity index (χ2n) is 13.5. The van der Waals surface area contributed by atoms with Crippen molar-refractivity contribution in [3.8, 4) is 12.3 Å². The first-order valence-corrected chi connectivity index (χ1v) is 21.0. The fraction of sp³-hybridized carbons (Fsp3) is 0.667. The summed E-state index contributed by atoms with van der Waals surface area (Å²) in [7, 11) is 0. The number of hydrogen-bond acceptors (Lipinski definition) is 13. The summed E-state index contributed by atoms with van der Waals surface area (Å²) in [6.45, 7) is 6.55. The minimum atomic E-state index is -1.17. The molecule has 19 heteroatoms. The lowest BCUT2D eigenvalue weighted by atomic mass is 10.0. The van der Waals surface area contributed by atoms with Gasteiger partial charge in [-0.2, -0.15) is 23.5 Å². The molecule has 2 aromatic heterocycles. The van der Waals surface area contributed by atoms with Crippen LogP contribution >= 0.6 is 23.5 Å². The number of rotatable bonds is 11.